The van der Waals surface area contributed by atoms with Crippen molar-refractivity contribution in [1.29, 1.82) is 0 Å². The van der Waals surface area contributed by atoms with E-state index >= 15 is 0 Å². The maximum absolute atomic E-state index is 14.6. The highest BCUT2D eigenvalue weighted by Crippen LogP contribution is 2.29. The van der Waals surface area contributed by atoms with Crippen LogP contribution in [0.15, 0.2) is 41.8 Å². The Balaban J connectivity index is 1.49. The summed E-state index contributed by atoms with van der Waals surface area (Å²) >= 11 is 7.14. The van der Waals surface area contributed by atoms with E-state index in [1.807, 2.05) is 29.3 Å². The third-order valence-electron chi connectivity index (χ3n) is 5.29. The third kappa shape index (κ3) is 4.87. The van der Waals surface area contributed by atoms with Crippen molar-refractivity contribution in [3.8, 4) is 0 Å². The largest absolute Gasteiger partial charge is 0.369 e. The zero-order chi connectivity index (χ0) is 22.0. The summed E-state index contributed by atoms with van der Waals surface area (Å²) in [7, 11) is 0. The Morgan fingerprint density at radius 2 is 1.84 bits per heavy atom. The van der Waals surface area contributed by atoms with Crippen LogP contribution in [0.3, 0.4) is 0 Å². The van der Waals surface area contributed by atoms with E-state index in [1.165, 1.54) is 23.5 Å². The molecule has 2 heterocycles. The molecule has 0 aliphatic carbocycles. The highest BCUT2D eigenvalue weighted by molar-refractivity contribution is 7.14. The molecule has 31 heavy (non-hydrogen) atoms. The third-order valence-corrected chi connectivity index (χ3v) is 6.32. The molecule has 2 aromatic carbocycles. The molecule has 1 aliphatic rings. The summed E-state index contributed by atoms with van der Waals surface area (Å²) in [6.45, 7) is 4.77. The average Bonchev–Trinajstić information content (AvgIpc) is 3.22. The average molecular weight is 463 g/mol. The maximum Gasteiger partial charge on any atom is 0.263 e. The summed E-state index contributed by atoms with van der Waals surface area (Å²) in [6.07, 6.45) is 0. The first-order chi connectivity index (χ1) is 14.9. The number of amides is 1. The van der Waals surface area contributed by atoms with Crippen LogP contribution in [-0.2, 0) is 0 Å². The molecule has 1 fully saturated rings. The van der Waals surface area contributed by atoms with Crippen LogP contribution in [0.4, 0.5) is 19.6 Å². The summed E-state index contributed by atoms with van der Waals surface area (Å²) in [6, 6.07) is 9.85. The minimum atomic E-state index is -0.891. The van der Waals surface area contributed by atoms with Gasteiger partial charge < -0.3 is 10.2 Å². The number of halogens is 3. The number of carbonyl (C=O) groups excluding carboxylic acids is 1. The Morgan fingerprint density at radius 1 is 1.19 bits per heavy atom. The van der Waals surface area contributed by atoms with Crippen molar-refractivity contribution in [3.05, 3.63) is 75.3 Å². The van der Waals surface area contributed by atoms with Gasteiger partial charge in [0, 0.05) is 48.2 Å². The second kappa shape index (κ2) is 9.30. The molecule has 9 heteroatoms. The monoisotopic (exact) mass is 462 g/mol. The minimum absolute atomic E-state index is 0.0223. The number of thiazole rings is 1. The summed E-state index contributed by atoms with van der Waals surface area (Å²) in [5, 5.41) is 8.45. The summed E-state index contributed by atoms with van der Waals surface area (Å²) < 4.78 is 29.3. The van der Waals surface area contributed by atoms with Gasteiger partial charge in [-0.2, -0.15) is 0 Å². The molecule has 2 N–H and O–H groups in total. The van der Waals surface area contributed by atoms with E-state index in [0.29, 0.717) is 23.8 Å². The zero-order valence-electron chi connectivity index (χ0n) is 16.8. The molecule has 4 rings (SSSR count). The number of benzene rings is 2. The van der Waals surface area contributed by atoms with E-state index < -0.39 is 23.1 Å². The van der Waals surface area contributed by atoms with Crippen molar-refractivity contribution in [2.45, 2.75) is 12.8 Å². The van der Waals surface area contributed by atoms with Gasteiger partial charge in [-0.25, -0.2) is 13.8 Å². The van der Waals surface area contributed by atoms with Crippen LogP contribution in [0.5, 0.6) is 0 Å². The van der Waals surface area contributed by atoms with Gasteiger partial charge in [-0.15, -0.1) is 11.3 Å². The summed E-state index contributed by atoms with van der Waals surface area (Å²) in [4.78, 5) is 18.9. The first kappa shape index (κ1) is 21.7. The molecule has 1 aromatic heterocycles. The molecule has 1 atom stereocenters. The van der Waals surface area contributed by atoms with Crippen molar-refractivity contribution in [1.82, 2.24) is 10.3 Å². The van der Waals surface area contributed by atoms with Crippen molar-refractivity contribution in [2.24, 2.45) is 0 Å². The number of carbonyl (C=O) groups is 1. The number of aromatic nitrogens is 1. The van der Waals surface area contributed by atoms with Gasteiger partial charge in [-0.05, 0) is 29.8 Å². The molecule has 1 saturated heterocycles. The molecule has 3 aromatic rings. The van der Waals surface area contributed by atoms with Gasteiger partial charge in [0.1, 0.15) is 17.2 Å². The van der Waals surface area contributed by atoms with Crippen LogP contribution >= 0.6 is 22.9 Å². The van der Waals surface area contributed by atoms with E-state index in [2.05, 4.69) is 15.6 Å². The second-order valence-corrected chi connectivity index (χ2v) is 8.62. The molecule has 0 radical (unpaired) electrons. The summed E-state index contributed by atoms with van der Waals surface area (Å²) in [5.41, 5.74) is 1.59. The van der Waals surface area contributed by atoms with Gasteiger partial charge in [0.05, 0.1) is 5.69 Å². The smallest absolute Gasteiger partial charge is 0.263 e. The number of rotatable bonds is 5. The quantitative estimate of drug-likeness (QED) is 0.567. The van der Waals surface area contributed by atoms with Crippen LogP contribution in [0.1, 0.15) is 34.5 Å². The van der Waals surface area contributed by atoms with E-state index in [0.717, 1.165) is 24.3 Å². The van der Waals surface area contributed by atoms with Crippen LogP contribution in [0, 0.1) is 11.6 Å². The maximum atomic E-state index is 14.6. The number of anilines is 2. The van der Waals surface area contributed by atoms with Crippen molar-refractivity contribution in [3.63, 3.8) is 0 Å². The summed E-state index contributed by atoms with van der Waals surface area (Å²) in [5.74, 6) is -2.66. The van der Waals surface area contributed by atoms with Crippen molar-refractivity contribution < 1.29 is 13.6 Å². The zero-order valence-corrected chi connectivity index (χ0v) is 18.4. The number of hydrogen-bond acceptors (Lipinski definition) is 5. The lowest BCUT2D eigenvalue weighted by Gasteiger charge is -2.29. The van der Waals surface area contributed by atoms with E-state index in [4.69, 9.17) is 11.6 Å². The Labute approximate surface area is 188 Å². The predicted molar refractivity (Wildman–Crippen MR) is 120 cm³/mol. The van der Waals surface area contributed by atoms with Gasteiger partial charge in [-0.1, -0.05) is 30.7 Å². The fraction of sp³-hybridized carbons (Fsp3) is 0.273. The number of hydrogen-bond donors (Lipinski definition) is 2. The fourth-order valence-corrected chi connectivity index (χ4v) is 4.43. The molecule has 162 valence electrons. The normalized spacial score (nSPS) is 15.0. The van der Waals surface area contributed by atoms with Crippen molar-refractivity contribution in [2.75, 3.05) is 36.4 Å². The lowest BCUT2D eigenvalue weighted by atomic mass is 9.99. The van der Waals surface area contributed by atoms with Gasteiger partial charge in [0.15, 0.2) is 5.13 Å². The van der Waals surface area contributed by atoms with Gasteiger partial charge in [-0.3, -0.25) is 10.1 Å². The first-order valence-corrected chi connectivity index (χ1v) is 11.1. The van der Waals surface area contributed by atoms with Crippen LogP contribution < -0.4 is 15.5 Å². The molecule has 5 nitrogen and oxygen atoms in total. The number of nitrogens with zero attached hydrogens (tertiary/aromatic N) is 2. The molecule has 1 amide bonds. The number of piperazine rings is 1. The van der Waals surface area contributed by atoms with Gasteiger partial charge >= 0.3 is 0 Å². The lowest BCUT2D eigenvalue weighted by molar-refractivity contribution is 0.101. The van der Waals surface area contributed by atoms with E-state index in [9.17, 15) is 13.6 Å². The standard InChI is InChI=1S/C22H21ClF2N4OS/c1-13(14-2-4-15(23)5-3-14)19-12-31-22(27-19)28-21(30)20-17(24)10-16(11-18(20)25)29-8-6-26-7-9-29/h2-5,10-13,26H,6-9H2,1H3,(H,27,28,30). The Bertz CT molecular complexity index is 1060. The molecule has 1 aliphatic heterocycles. The highest BCUT2D eigenvalue weighted by atomic mass is 35.5. The highest BCUT2D eigenvalue weighted by Gasteiger charge is 2.22. The van der Waals surface area contributed by atoms with Gasteiger partial charge in [0.25, 0.3) is 5.91 Å². The topological polar surface area (TPSA) is 57.3 Å². The van der Waals surface area contributed by atoms with E-state index in [1.54, 1.807) is 12.1 Å². The molecule has 0 spiro atoms. The molecule has 0 saturated carbocycles. The van der Waals surface area contributed by atoms with Crippen LogP contribution in [-0.4, -0.2) is 37.1 Å². The Morgan fingerprint density at radius 3 is 2.48 bits per heavy atom. The fourth-order valence-electron chi connectivity index (χ4n) is 3.51. The Kier molecular flexibility index (Phi) is 6.50. The van der Waals surface area contributed by atoms with Crippen LogP contribution in [0.25, 0.3) is 0 Å². The van der Waals surface area contributed by atoms with Crippen molar-refractivity contribution >= 4 is 39.7 Å². The molecule has 1 unspecified atom stereocenters. The van der Waals surface area contributed by atoms with Gasteiger partial charge in [0.2, 0.25) is 0 Å². The van der Waals surface area contributed by atoms with E-state index in [-0.39, 0.29) is 11.0 Å². The first-order valence-electron chi connectivity index (χ1n) is 9.89. The predicted octanol–water partition coefficient (Wildman–Crippen LogP) is 4.89. The lowest BCUT2D eigenvalue weighted by Crippen LogP contribution is -2.43. The molecular formula is C22H21ClF2N4OS. The molecule has 0 bridgehead atoms. The second-order valence-electron chi connectivity index (χ2n) is 7.33. The minimum Gasteiger partial charge on any atom is -0.369 e. The number of nitrogens with one attached hydrogen (secondary N) is 2. The molecular weight excluding hydrogens is 442 g/mol. The Hall–Kier alpha value is -2.55. The SMILES string of the molecule is CC(c1ccc(Cl)cc1)c1csc(NC(=O)c2c(F)cc(N3CCNCC3)cc2F)n1. The van der Waals surface area contributed by atoms with Crippen LogP contribution in [0.2, 0.25) is 5.02 Å².